The molecule has 4 nitrogen and oxygen atoms in total. The number of rotatable bonds is 4. The molecule has 5 heteroatoms. The van der Waals surface area contributed by atoms with Crippen LogP contribution in [-0.2, 0) is 0 Å². The van der Waals surface area contributed by atoms with Crippen LogP contribution in [0.3, 0.4) is 0 Å². The minimum absolute atomic E-state index is 0.306. The minimum atomic E-state index is -0.306. The van der Waals surface area contributed by atoms with Gasteiger partial charge in [-0.3, -0.25) is 4.98 Å². The minimum Gasteiger partial charge on any atom is -0.393 e. The Morgan fingerprint density at radius 3 is 3.00 bits per heavy atom. The van der Waals surface area contributed by atoms with Crippen LogP contribution in [0.15, 0.2) is 12.4 Å². The molecule has 0 saturated carbocycles. The van der Waals surface area contributed by atoms with Gasteiger partial charge in [0.1, 0.15) is 11.0 Å². The molecule has 0 radical (unpaired) electrons. The molecule has 0 spiro atoms. The Morgan fingerprint density at radius 1 is 1.62 bits per heavy atom. The van der Waals surface area contributed by atoms with E-state index in [1.807, 2.05) is 0 Å². The smallest absolute Gasteiger partial charge is 0.149 e. The van der Waals surface area contributed by atoms with Gasteiger partial charge in [0.25, 0.3) is 0 Å². The van der Waals surface area contributed by atoms with Crippen molar-refractivity contribution in [3.8, 4) is 0 Å². The van der Waals surface area contributed by atoms with Crippen LogP contribution in [0.5, 0.6) is 0 Å². The lowest BCUT2D eigenvalue weighted by molar-refractivity contribution is 0.188. The van der Waals surface area contributed by atoms with Gasteiger partial charge in [0.2, 0.25) is 0 Å². The fraction of sp³-hybridized carbons (Fsp3) is 0.500. The zero-order chi connectivity index (χ0) is 9.68. The molecule has 1 unspecified atom stereocenters. The largest absolute Gasteiger partial charge is 0.393 e. The molecule has 0 aliphatic heterocycles. The fourth-order valence-corrected chi connectivity index (χ4v) is 0.984. The number of halogens is 1. The molecule has 0 aliphatic rings. The van der Waals surface area contributed by atoms with Gasteiger partial charge in [0.05, 0.1) is 18.5 Å². The molecule has 0 fully saturated rings. The third kappa shape index (κ3) is 4.05. The average Bonchev–Trinajstić information content (AvgIpc) is 2.03. The van der Waals surface area contributed by atoms with E-state index in [0.717, 1.165) is 0 Å². The first kappa shape index (κ1) is 10.2. The predicted molar refractivity (Wildman–Crippen MR) is 51.8 cm³/mol. The van der Waals surface area contributed by atoms with Crippen molar-refractivity contribution in [1.82, 2.24) is 9.97 Å². The first-order valence-corrected chi connectivity index (χ1v) is 4.46. The van der Waals surface area contributed by atoms with E-state index in [1.54, 1.807) is 13.1 Å². The highest BCUT2D eigenvalue weighted by atomic mass is 35.5. The second-order valence-electron chi connectivity index (χ2n) is 2.79. The van der Waals surface area contributed by atoms with Crippen molar-refractivity contribution in [1.29, 1.82) is 0 Å². The number of aliphatic hydroxyl groups excluding tert-OH is 1. The summed E-state index contributed by atoms with van der Waals surface area (Å²) in [5.41, 5.74) is 0. The predicted octanol–water partition coefficient (Wildman–Crippen LogP) is 1.31. The molecule has 72 valence electrons. The van der Waals surface area contributed by atoms with Crippen LogP contribution in [0.1, 0.15) is 13.3 Å². The zero-order valence-corrected chi connectivity index (χ0v) is 8.12. The van der Waals surface area contributed by atoms with E-state index in [1.165, 1.54) is 6.20 Å². The van der Waals surface area contributed by atoms with Gasteiger partial charge >= 0.3 is 0 Å². The van der Waals surface area contributed by atoms with Gasteiger partial charge in [-0.1, -0.05) is 11.6 Å². The highest BCUT2D eigenvalue weighted by Crippen LogP contribution is 2.06. The second kappa shape index (κ2) is 4.99. The van der Waals surface area contributed by atoms with Crippen molar-refractivity contribution >= 4 is 17.4 Å². The van der Waals surface area contributed by atoms with Gasteiger partial charge in [-0.2, -0.15) is 0 Å². The van der Waals surface area contributed by atoms with Crippen LogP contribution < -0.4 is 5.32 Å². The summed E-state index contributed by atoms with van der Waals surface area (Å²) in [6, 6.07) is 0. The summed E-state index contributed by atoms with van der Waals surface area (Å²) in [6.45, 7) is 2.40. The van der Waals surface area contributed by atoms with Gasteiger partial charge in [-0.15, -0.1) is 0 Å². The Hall–Kier alpha value is -0.870. The van der Waals surface area contributed by atoms with Crippen LogP contribution in [0, 0.1) is 0 Å². The molecule has 0 amide bonds. The van der Waals surface area contributed by atoms with Gasteiger partial charge in [-0.25, -0.2) is 4.98 Å². The number of aromatic nitrogens is 2. The SMILES string of the molecule is CC(O)CCNc1cncc(Cl)n1. The maximum Gasteiger partial charge on any atom is 0.149 e. The maximum absolute atomic E-state index is 8.98. The third-order valence-electron chi connectivity index (χ3n) is 1.47. The molecule has 13 heavy (non-hydrogen) atoms. The summed E-state index contributed by atoms with van der Waals surface area (Å²) in [7, 11) is 0. The Bertz CT molecular complexity index is 267. The van der Waals surface area contributed by atoms with Crippen molar-refractivity contribution in [3.63, 3.8) is 0 Å². The first-order valence-electron chi connectivity index (χ1n) is 4.08. The highest BCUT2D eigenvalue weighted by Gasteiger charge is 1.97. The molecular formula is C8H12ClN3O. The van der Waals surface area contributed by atoms with E-state index in [9.17, 15) is 0 Å². The first-order chi connectivity index (χ1) is 6.18. The van der Waals surface area contributed by atoms with E-state index in [-0.39, 0.29) is 6.10 Å². The Labute approximate surface area is 82.0 Å². The van der Waals surface area contributed by atoms with Crippen molar-refractivity contribution < 1.29 is 5.11 Å². The number of anilines is 1. The molecule has 2 N–H and O–H groups in total. The quantitative estimate of drug-likeness (QED) is 0.772. The highest BCUT2D eigenvalue weighted by molar-refractivity contribution is 6.29. The molecule has 1 heterocycles. The lowest BCUT2D eigenvalue weighted by Crippen LogP contribution is -2.10. The number of hydrogen-bond donors (Lipinski definition) is 2. The van der Waals surface area contributed by atoms with E-state index >= 15 is 0 Å². The maximum atomic E-state index is 8.98. The third-order valence-corrected chi connectivity index (χ3v) is 1.66. The lowest BCUT2D eigenvalue weighted by Gasteiger charge is -2.06. The van der Waals surface area contributed by atoms with Gasteiger partial charge in [0.15, 0.2) is 0 Å². The molecule has 1 rings (SSSR count). The van der Waals surface area contributed by atoms with Crippen LogP contribution in [-0.4, -0.2) is 27.7 Å². The summed E-state index contributed by atoms with van der Waals surface area (Å²) in [4.78, 5) is 7.84. The number of nitrogens with zero attached hydrogens (tertiary/aromatic N) is 2. The summed E-state index contributed by atoms with van der Waals surface area (Å²) < 4.78 is 0. The number of hydrogen-bond acceptors (Lipinski definition) is 4. The standard InChI is InChI=1S/C8H12ClN3O/c1-6(13)2-3-11-8-5-10-4-7(9)12-8/h4-6,13H,2-3H2,1H3,(H,11,12). The normalized spacial score (nSPS) is 12.5. The van der Waals surface area contributed by atoms with Crippen molar-refractivity contribution in [2.24, 2.45) is 0 Å². The molecule has 0 aliphatic carbocycles. The van der Waals surface area contributed by atoms with Crippen LogP contribution in [0.25, 0.3) is 0 Å². The van der Waals surface area contributed by atoms with Crippen LogP contribution in [0.4, 0.5) is 5.82 Å². The number of aliphatic hydroxyl groups is 1. The van der Waals surface area contributed by atoms with E-state index < -0.39 is 0 Å². The summed E-state index contributed by atoms with van der Waals surface area (Å²) in [5, 5.41) is 12.3. The molecule has 0 bridgehead atoms. The summed E-state index contributed by atoms with van der Waals surface area (Å²) in [6.07, 6.45) is 3.43. The van der Waals surface area contributed by atoms with Crippen molar-refractivity contribution in [2.75, 3.05) is 11.9 Å². The zero-order valence-electron chi connectivity index (χ0n) is 7.37. The Kier molecular flexibility index (Phi) is 3.92. The van der Waals surface area contributed by atoms with Gasteiger partial charge in [-0.05, 0) is 13.3 Å². The Morgan fingerprint density at radius 2 is 2.38 bits per heavy atom. The topological polar surface area (TPSA) is 58.0 Å². The monoisotopic (exact) mass is 201 g/mol. The molecule has 0 aromatic carbocycles. The summed E-state index contributed by atoms with van der Waals surface area (Å²) >= 11 is 5.62. The number of nitrogens with one attached hydrogen (secondary N) is 1. The molecular weight excluding hydrogens is 190 g/mol. The Balaban J connectivity index is 2.37. The van der Waals surface area contributed by atoms with Crippen LogP contribution >= 0.6 is 11.6 Å². The molecule has 0 saturated heterocycles. The average molecular weight is 202 g/mol. The van der Waals surface area contributed by atoms with E-state index in [4.69, 9.17) is 16.7 Å². The summed E-state index contributed by atoms with van der Waals surface area (Å²) in [5.74, 6) is 0.633. The van der Waals surface area contributed by atoms with E-state index in [0.29, 0.717) is 23.9 Å². The van der Waals surface area contributed by atoms with Crippen molar-refractivity contribution in [3.05, 3.63) is 17.5 Å². The van der Waals surface area contributed by atoms with Crippen LogP contribution in [0.2, 0.25) is 5.15 Å². The second-order valence-corrected chi connectivity index (χ2v) is 3.18. The van der Waals surface area contributed by atoms with Gasteiger partial charge in [0, 0.05) is 6.54 Å². The molecule has 1 aromatic rings. The van der Waals surface area contributed by atoms with E-state index in [2.05, 4.69) is 15.3 Å². The fourth-order valence-electron chi connectivity index (χ4n) is 0.836. The molecule has 1 aromatic heterocycles. The lowest BCUT2D eigenvalue weighted by atomic mass is 10.3. The van der Waals surface area contributed by atoms with Crippen molar-refractivity contribution in [2.45, 2.75) is 19.4 Å². The van der Waals surface area contributed by atoms with Gasteiger partial charge < -0.3 is 10.4 Å². The molecule has 1 atom stereocenters.